The van der Waals surface area contributed by atoms with Gasteiger partial charge in [0.1, 0.15) is 5.54 Å². The molecule has 0 bridgehead atoms. The maximum absolute atomic E-state index is 9.53. The molecular weight excluding hydrogens is 208 g/mol. The molecule has 0 heterocycles. The van der Waals surface area contributed by atoms with Crippen molar-refractivity contribution in [1.29, 1.82) is 5.26 Å². The van der Waals surface area contributed by atoms with E-state index in [-0.39, 0.29) is 11.1 Å². The SMILES string of the molecule is CC(C)(C)NC1(C#N)CCC(C2CCCC2)C1. The van der Waals surface area contributed by atoms with Gasteiger partial charge in [0, 0.05) is 5.54 Å². The molecule has 0 aromatic carbocycles. The summed E-state index contributed by atoms with van der Waals surface area (Å²) in [6.45, 7) is 6.49. The molecule has 2 nitrogen and oxygen atoms in total. The fraction of sp³-hybridized carbons (Fsp3) is 0.933. The van der Waals surface area contributed by atoms with Crippen molar-refractivity contribution >= 4 is 0 Å². The highest BCUT2D eigenvalue weighted by molar-refractivity contribution is 5.14. The number of nitriles is 1. The van der Waals surface area contributed by atoms with Crippen LogP contribution in [0.1, 0.15) is 65.7 Å². The van der Waals surface area contributed by atoms with Crippen molar-refractivity contribution in [3.8, 4) is 6.07 Å². The summed E-state index contributed by atoms with van der Waals surface area (Å²) in [6, 6.07) is 2.58. The number of hydrogen-bond donors (Lipinski definition) is 1. The smallest absolute Gasteiger partial charge is 0.107 e. The first-order valence-electron chi connectivity index (χ1n) is 7.15. The van der Waals surface area contributed by atoms with E-state index in [0.717, 1.165) is 24.7 Å². The first kappa shape index (κ1) is 12.9. The van der Waals surface area contributed by atoms with Crippen LogP contribution in [-0.4, -0.2) is 11.1 Å². The zero-order valence-corrected chi connectivity index (χ0v) is 11.6. The summed E-state index contributed by atoms with van der Waals surface area (Å²) in [7, 11) is 0. The zero-order chi connectivity index (χ0) is 12.5. The third-order valence-corrected chi connectivity index (χ3v) is 4.45. The van der Waals surface area contributed by atoms with Gasteiger partial charge in [-0.05, 0) is 51.9 Å². The minimum absolute atomic E-state index is 0.0420. The predicted octanol–water partition coefficient (Wildman–Crippen LogP) is 3.63. The van der Waals surface area contributed by atoms with Gasteiger partial charge in [-0.2, -0.15) is 5.26 Å². The highest BCUT2D eigenvalue weighted by atomic mass is 15.0. The highest BCUT2D eigenvalue weighted by Crippen LogP contribution is 2.44. The van der Waals surface area contributed by atoms with E-state index < -0.39 is 0 Å². The Balaban J connectivity index is 2.00. The molecule has 0 spiro atoms. The van der Waals surface area contributed by atoms with Gasteiger partial charge in [-0.3, -0.25) is 5.32 Å². The van der Waals surface area contributed by atoms with Crippen molar-refractivity contribution < 1.29 is 0 Å². The second-order valence-electron chi connectivity index (χ2n) is 7.12. The van der Waals surface area contributed by atoms with E-state index in [0.29, 0.717) is 0 Å². The van der Waals surface area contributed by atoms with E-state index in [1.54, 1.807) is 0 Å². The van der Waals surface area contributed by atoms with Crippen molar-refractivity contribution in [3.63, 3.8) is 0 Å². The van der Waals surface area contributed by atoms with Gasteiger partial charge in [-0.1, -0.05) is 25.7 Å². The van der Waals surface area contributed by atoms with Crippen LogP contribution in [0, 0.1) is 23.2 Å². The molecule has 0 aromatic rings. The molecule has 2 aliphatic carbocycles. The second kappa shape index (κ2) is 4.61. The Morgan fingerprint density at radius 3 is 2.29 bits per heavy atom. The summed E-state index contributed by atoms with van der Waals surface area (Å²) in [5.74, 6) is 1.71. The van der Waals surface area contributed by atoms with Crippen molar-refractivity contribution in [3.05, 3.63) is 0 Å². The number of rotatable bonds is 2. The minimum Gasteiger partial charge on any atom is -0.295 e. The molecular formula is C15H26N2. The molecule has 0 radical (unpaired) electrons. The average molecular weight is 234 g/mol. The normalized spacial score (nSPS) is 35.1. The van der Waals surface area contributed by atoms with Crippen LogP contribution >= 0.6 is 0 Å². The standard InChI is InChI=1S/C15H26N2/c1-14(2,3)17-15(11-16)9-8-13(10-15)12-6-4-5-7-12/h12-13,17H,4-10H2,1-3H3. The lowest BCUT2D eigenvalue weighted by Gasteiger charge is -2.33. The summed E-state index contributed by atoms with van der Waals surface area (Å²) in [6.07, 6.45) is 9.00. The largest absolute Gasteiger partial charge is 0.295 e. The molecule has 0 aromatic heterocycles. The second-order valence-corrected chi connectivity index (χ2v) is 7.12. The van der Waals surface area contributed by atoms with Crippen molar-refractivity contribution in [2.45, 2.75) is 76.8 Å². The van der Waals surface area contributed by atoms with Gasteiger partial charge < -0.3 is 0 Å². The van der Waals surface area contributed by atoms with Crippen LogP contribution in [0.25, 0.3) is 0 Å². The molecule has 2 saturated carbocycles. The van der Waals surface area contributed by atoms with Crippen LogP contribution in [-0.2, 0) is 0 Å². The summed E-state index contributed by atoms with van der Waals surface area (Å²) in [5, 5.41) is 13.1. The zero-order valence-electron chi connectivity index (χ0n) is 11.6. The Kier molecular flexibility index (Phi) is 3.50. The summed E-state index contributed by atoms with van der Waals surface area (Å²) in [5.41, 5.74) is -0.203. The Morgan fingerprint density at radius 1 is 1.12 bits per heavy atom. The van der Waals surface area contributed by atoms with Crippen molar-refractivity contribution in [2.75, 3.05) is 0 Å². The molecule has 2 fully saturated rings. The lowest BCUT2D eigenvalue weighted by Crippen LogP contribution is -2.52. The third kappa shape index (κ3) is 3.01. The van der Waals surface area contributed by atoms with Gasteiger partial charge in [0.05, 0.1) is 6.07 Å². The molecule has 0 amide bonds. The average Bonchev–Trinajstić information content (AvgIpc) is 2.83. The van der Waals surface area contributed by atoms with E-state index in [1.165, 1.54) is 32.1 Å². The quantitative estimate of drug-likeness (QED) is 0.792. The van der Waals surface area contributed by atoms with Crippen molar-refractivity contribution in [2.24, 2.45) is 11.8 Å². The van der Waals surface area contributed by atoms with Gasteiger partial charge >= 0.3 is 0 Å². The van der Waals surface area contributed by atoms with Gasteiger partial charge in [-0.25, -0.2) is 0 Å². The van der Waals surface area contributed by atoms with E-state index in [9.17, 15) is 5.26 Å². The van der Waals surface area contributed by atoms with Gasteiger partial charge in [-0.15, -0.1) is 0 Å². The monoisotopic (exact) mass is 234 g/mol. The fourth-order valence-corrected chi connectivity index (χ4v) is 3.88. The lowest BCUT2D eigenvalue weighted by molar-refractivity contribution is 0.275. The molecule has 2 atom stereocenters. The summed E-state index contributed by atoms with van der Waals surface area (Å²) < 4.78 is 0. The number of nitrogens with one attached hydrogen (secondary N) is 1. The van der Waals surface area contributed by atoms with Gasteiger partial charge in [0.2, 0.25) is 0 Å². The summed E-state index contributed by atoms with van der Waals surface area (Å²) >= 11 is 0. The third-order valence-electron chi connectivity index (χ3n) is 4.45. The summed E-state index contributed by atoms with van der Waals surface area (Å²) in [4.78, 5) is 0. The number of nitrogens with zero attached hydrogens (tertiary/aromatic N) is 1. The first-order valence-corrected chi connectivity index (χ1v) is 7.15. The first-order chi connectivity index (χ1) is 7.94. The molecule has 17 heavy (non-hydrogen) atoms. The molecule has 2 heteroatoms. The van der Waals surface area contributed by atoms with Crippen LogP contribution in [0.2, 0.25) is 0 Å². The molecule has 2 aliphatic rings. The maximum atomic E-state index is 9.53. The van der Waals surface area contributed by atoms with Crippen molar-refractivity contribution in [1.82, 2.24) is 5.32 Å². The van der Waals surface area contributed by atoms with Crippen LogP contribution in [0.4, 0.5) is 0 Å². The van der Waals surface area contributed by atoms with Gasteiger partial charge in [0.25, 0.3) is 0 Å². The Morgan fingerprint density at radius 2 is 1.76 bits per heavy atom. The highest BCUT2D eigenvalue weighted by Gasteiger charge is 2.44. The molecule has 0 aliphatic heterocycles. The lowest BCUT2D eigenvalue weighted by atomic mass is 9.86. The van der Waals surface area contributed by atoms with E-state index >= 15 is 0 Å². The van der Waals surface area contributed by atoms with Crippen LogP contribution < -0.4 is 5.32 Å². The van der Waals surface area contributed by atoms with Crippen LogP contribution in [0.15, 0.2) is 0 Å². The molecule has 96 valence electrons. The molecule has 2 unspecified atom stereocenters. The van der Waals surface area contributed by atoms with E-state index in [4.69, 9.17) is 0 Å². The Bertz CT molecular complexity index is 304. The number of hydrogen-bond acceptors (Lipinski definition) is 2. The van der Waals surface area contributed by atoms with Crippen LogP contribution in [0.5, 0.6) is 0 Å². The van der Waals surface area contributed by atoms with Crippen LogP contribution in [0.3, 0.4) is 0 Å². The maximum Gasteiger partial charge on any atom is 0.107 e. The topological polar surface area (TPSA) is 35.8 Å². The molecule has 2 rings (SSSR count). The van der Waals surface area contributed by atoms with Gasteiger partial charge in [0.15, 0.2) is 0 Å². The molecule has 0 saturated heterocycles. The Hall–Kier alpha value is -0.550. The Labute approximate surface area is 106 Å². The van der Waals surface area contributed by atoms with E-state index in [2.05, 4.69) is 32.2 Å². The fourth-order valence-electron chi connectivity index (χ4n) is 3.88. The predicted molar refractivity (Wildman–Crippen MR) is 70.5 cm³/mol. The minimum atomic E-state index is -0.245. The van der Waals surface area contributed by atoms with E-state index in [1.807, 2.05) is 0 Å². The molecule has 1 N–H and O–H groups in total.